The smallest absolute Gasteiger partial charge is 0.238 e. The average Bonchev–Trinajstić information content (AvgIpc) is 3.06. The zero-order chi connectivity index (χ0) is 16.2. The summed E-state index contributed by atoms with van der Waals surface area (Å²) in [7, 11) is 0. The van der Waals surface area contributed by atoms with Crippen LogP contribution in [0.5, 0.6) is 0 Å². The van der Waals surface area contributed by atoms with Gasteiger partial charge in [-0.3, -0.25) is 9.69 Å². The lowest BCUT2D eigenvalue weighted by Gasteiger charge is -2.29. The number of amides is 1. The van der Waals surface area contributed by atoms with Crippen LogP contribution in [0.1, 0.15) is 12.8 Å². The SMILES string of the molecule is Cl.NC1CCN(CC(=O)Nc2cc(-n3cnnn3)ccc2Cl)CC1. The molecule has 1 fully saturated rings. The molecule has 1 saturated heterocycles. The molecular formula is C14H19Cl2N7O. The molecule has 130 valence electrons. The number of nitrogens with zero attached hydrogens (tertiary/aromatic N) is 5. The number of likely N-dealkylation sites (tertiary alicyclic amines) is 1. The van der Waals surface area contributed by atoms with Crippen LogP contribution in [0.25, 0.3) is 5.69 Å². The Bertz CT molecular complexity index is 672. The van der Waals surface area contributed by atoms with Gasteiger partial charge in [-0.1, -0.05) is 11.6 Å². The van der Waals surface area contributed by atoms with Gasteiger partial charge in [0.1, 0.15) is 6.33 Å². The molecule has 0 aliphatic carbocycles. The molecule has 0 radical (unpaired) electrons. The molecule has 0 bridgehead atoms. The second-order valence-electron chi connectivity index (χ2n) is 5.58. The topological polar surface area (TPSA) is 102 Å². The molecule has 0 spiro atoms. The number of tetrazole rings is 1. The third kappa shape index (κ3) is 4.64. The number of benzene rings is 1. The van der Waals surface area contributed by atoms with Crippen LogP contribution in [0.4, 0.5) is 5.69 Å². The summed E-state index contributed by atoms with van der Waals surface area (Å²) in [5, 5.41) is 14.3. The van der Waals surface area contributed by atoms with Gasteiger partial charge in [0.05, 0.1) is 22.9 Å². The number of rotatable bonds is 4. The van der Waals surface area contributed by atoms with Crippen LogP contribution in [0.15, 0.2) is 24.5 Å². The number of hydrogen-bond donors (Lipinski definition) is 2. The Morgan fingerprint density at radius 3 is 2.79 bits per heavy atom. The van der Waals surface area contributed by atoms with Crippen molar-refractivity contribution >= 4 is 35.6 Å². The van der Waals surface area contributed by atoms with Crippen molar-refractivity contribution in [1.29, 1.82) is 0 Å². The predicted octanol–water partition coefficient (Wildman–Crippen LogP) is 1.10. The molecular weight excluding hydrogens is 353 g/mol. The number of carbonyl (C=O) groups excluding carboxylic acids is 1. The fourth-order valence-corrected chi connectivity index (χ4v) is 2.70. The fraction of sp³-hybridized carbons (Fsp3) is 0.429. The fourth-order valence-electron chi connectivity index (χ4n) is 2.54. The second-order valence-corrected chi connectivity index (χ2v) is 5.99. The molecule has 2 aromatic rings. The summed E-state index contributed by atoms with van der Waals surface area (Å²) in [6.45, 7) is 2.01. The number of nitrogens with two attached hydrogens (primary N) is 1. The molecule has 1 aromatic heterocycles. The highest BCUT2D eigenvalue weighted by atomic mass is 35.5. The monoisotopic (exact) mass is 371 g/mol. The third-order valence-corrected chi connectivity index (χ3v) is 4.17. The molecule has 0 atom stereocenters. The first-order chi connectivity index (χ1) is 11.1. The van der Waals surface area contributed by atoms with E-state index >= 15 is 0 Å². The number of carbonyl (C=O) groups is 1. The van der Waals surface area contributed by atoms with Crippen molar-refractivity contribution in [3.63, 3.8) is 0 Å². The molecule has 3 rings (SSSR count). The lowest BCUT2D eigenvalue weighted by atomic mass is 10.1. The minimum Gasteiger partial charge on any atom is -0.328 e. The maximum Gasteiger partial charge on any atom is 0.238 e. The zero-order valence-electron chi connectivity index (χ0n) is 12.9. The van der Waals surface area contributed by atoms with Crippen molar-refractivity contribution in [1.82, 2.24) is 25.1 Å². The largest absolute Gasteiger partial charge is 0.328 e. The molecule has 1 aliphatic rings. The first-order valence-electron chi connectivity index (χ1n) is 7.42. The quantitative estimate of drug-likeness (QED) is 0.833. The van der Waals surface area contributed by atoms with Crippen molar-refractivity contribution in [3.8, 4) is 5.69 Å². The van der Waals surface area contributed by atoms with Gasteiger partial charge in [-0.15, -0.1) is 17.5 Å². The van der Waals surface area contributed by atoms with Crippen LogP contribution in [0.3, 0.4) is 0 Å². The van der Waals surface area contributed by atoms with Crippen LogP contribution < -0.4 is 11.1 Å². The Morgan fingerprint density at radius 1 is 1.38 bits per heavy atom. The molecule has 1 aromatic carbocycles. The molecule has 8 nitrogen and oxygen atoms in total. The second kappa shape index (κ2) is 8.39. The van der Waals surface area contributed by atoms with E-state index in [0.29, 0.717) is 17.3 Å². The molecule has 24 heavy (non-hydrogen) atoms. The number of anilines is 1. The van der Waals surface area contributed by atoms with E-state index in [-0.39, 0.29) is 24.4 Å². The van der Waals surface area contributed by atoms with Gasteiger partial charge < -0.3 is 11.1 Å². The van der Waals surface area contributed by atoms with Crippen LogP contribution in [-0.4, -0.2) is 56.7 Å². The van der Waals surface area contributed by atoms with Gasteiger partial charge in [-0.05, 0) is 41.5 Å². The third-order valence-electron chi connectivity index (χ3n) is 3.84. The summed E-state index contributed by atoms with van der Waals surface area (Å²) in [6.07, 6.45) is 3.32. The summed E-state index contributed by atoms with van der Waals surface area (Å²) in [4.78, 5) is 14.3. The van der Waals surface area contributed by atoms with Crippen LogP contribution in [0.2, 0.25) is 5.02 Å². The highest BCUT2D eigenvalue weighted by Gasteiger charge is 2.18. The standard InChI is InChI=1S/C14H18ClN7O.ClH/c15-12-2-1-11(22-9-17-19-20-22)7-13(12)18-14(23)8-21-5-3-10(16)4-6-21;/h1-2,7,9-10H,3-6,8,16H2,(H,18,23);1H. The minimum atomic E-state index is -0.101. The van der Waals surface area contributed by atoms with Crippen LogP contribution in [-0.2, 0) is 4.79 Å². The number of halogens is 2. The van der Waals surface area contributed by atoms with E-state index in [1.54, 1.807) is 18.2 Å². The van der Waals surface area contributed by atoms with E-state index in [4.69, 9.17) is 17.3 Å². The highest BCUT2D eigenvalue weighted by Crippen LogP contribution is 2.24. The molecule has 1 aliphatic heterocycles. The molecule has 0 unspecified atom stereocenters. The average molecular weight is 372 g/mol. The van der Waals surface area contributed by atoms with E-state index in [1.165, 1.54) is 11.0 Å². The first-order valence-corrected chi connectivity index (χ1v) is 7.80. The van der Waals surface area contributed by atoms with E-state index < -0.39 is 0 Å². The molecule has 3 N–H and O–H groups in total. The van der Waals surface area contributed by atoms with Gasteiger partial charge in [0, 0.05) is 19.1 Å². The Balaban J connectivity index is 0.00000208. The number of aromatic nitrogens is 4. The predicted molar refractivity (Wildman–Crippen MR) is 93.7 cm³/mol. The first kappa shape index (κ1) is 18.6. The summed E-state index contributed by atoms with van der Waals surface area (Å²) in [6, 6.07) is 5.47. The Morgan fingerprint density at radius 2 is 2.12 bits per heavy atom. The maximum absolute atomic E-state index is 12.2. The zero-order valence-corrected chi connectivity index (χ0v) is 14.5. The van der Waals surface area contributed by atoms with E-state index in [9.17, 15) is 4.79 Å². The molecule has 10 heteroatoms. The summed E-state index contributed by atoms with van der Waals surface area (Å²) >= 11 is 6.16. The Labute approximate surface area is 150 Å². The molecule has 0 saturated carbocycles. The van der Waals surface area contributed by atoms with Gasteiger partial charge in [-0.25, -0.2) is 4.68 Å². The van der Waals surface area contributed by atoms with Crippen molar-refractivity contribution in [2.75, 3.05) is 25.0 Å². The molecule has 2 heterocycles. The van der Waals surface area contributed by atoms with Gasteiger partial charge in [0.15, 0.2) is 0 Å². The Hall–Kier alpha value is -1.74. The minimum absolute atomic E-state index is 0. The summed E-state index contributed by atoms with van der Waals surface area (Å²) in [5.41, 5.74) is 7.13. The van der Waals surface area contributed by atoms with Gasteiger partial charge in [0.2, 0.25) is 5.91 Å². The number of hydrogen-bond acceptors (Lipinski definition) is 6. The normalized spacial score (nSPS) is 15.8. The van der Waals surface area contributed by atoms with Gasteiger partial charge in [-0.2, -0.15) is 0 Å². The maximum atomic E-state index is 12.2. The van der Waals surface area contributed by atoms with Crippen LogP contribution >= 0.6 is 24.0 Å². The number of nitrogens with one attached hydrogen (secondary N) is 1. The van der Waals surface area contributed by atoms with Gasteiger partial charge >= 0.3 is 0 Å². The van der Waals surface area contributed by atoms with Crippen molar-refractivity contribution < 1.29 is 4.79 Å². The van der Waals surface area contributed by atoms with E-state index in [1.807, 2.05) is 0 Å². The van der Waals surface area contributed by atoms with E-state index in [2.05, 4.69) is 25.7 Å². The summed E-state index contributed by atoms with van der Waals surface area (Å²) in [5.74, 6) is -0.101. The lowest BCUT2D eigenvalue weighted by Crippen LogP contribution is -2.43. The van der Waals surface area contributed by atoms with Crippen molar-refractivity contribution in [3.05, 3.63) is 29.5 Å². The van der Waals surface area contributed by atoms with E-state index in [0.717, 1.165) is 31.6 Å². The van der Waals surface area contributed by atoms with Crippen molar-refractivity contribution in [2.45, 2.75) is 18.9 Å². The summed E-state index contributed by atoms with van der Waals surface area (Å²) < 4.78 is 1.50. The lowest BCUT2D eigenvalue weighted by molar-refractivity contribution is -0.117. The molecule has 1 amide bonds. The Kier molecular flexibility index (Phi) is 6.50. The highest BCUT2D eigenvalue weighted by molar-refractivity contribution is 6.33. The van der Waals surface area contributed by atoms with Crippen molar-refractivity contribution in [2.24, 2.45) is 5.73 Å². The van der Waals surface area contributed by atoms with Gasteiger partial charge in [0.25, 0.3) is 0 Å². The number of piperidine rings is 1. The van der Waals surface area contributed by atoms with Crippen LogP contribution in [0, 0.1) is 0 Å².